The van der Waals surface area contributed by atoms with Crippen LogP contribution in [-0.2, 0) is 6.54 Å². The first-order valence-corrected chi connectivity index (χ1v) is 9.53. The molecule has 1 saturated heterocycles. The van der Waals surface area contributed by atoms with E-state index in [1.54, 1.807) is 7.11 Å². The average molecular weight is 348 g/mol. The lowest BCUT2D eigenvalue weighted by atomic mass is 10.0. The second-order valence-corrected chi connectivity index (χ2v) is 6.39. The van der Waals surface area contributed by atoms with Crippen molar-refractivity contribution in [1.29, 1.82) is 0 Å². The van der Waals surface area contributed by atoms with E-state index in [1.165, 1.54) is 32.2 Å². The highest BCUT2D eigenvalue weighted by atomic mass is 16.5. The highest BCUT2D eigenvalue weighted by Gasteiger charge is 2.19. The Balaban J connectivity index is 1.84. The molecule has 1 aliphatic rings. The fourth-order valence-electron chi connectivity index (χ4n) is 3.30. The molecule has 140 valence electrons. The molecule has 1 unspecified atom stereocenters. The number of piperidine rings is 1. The third kappa shape index (κ3) is 6.53. The number of guanidine groups is 1. The molecule has 0 radical (unpaired) electrons. The summed E-state index contributed by atoms with van der Waals surface area (Å²) >= 11 is 0. The summed E-state index contributed by atoms with van der Waals surface area (Å²) in [4.78, 5) is 11.7. The molecule has 2 heterocycles. The Kier molecular flexibility index (Phi) is 8.52. The highest BCUT2D eigenvalue weighted by Crippen LogP contribution is 2.18. The van der Waals surface area contributed by atoms with Gasteiger partial charge in [0.05, 0.1) is 19.3 Å². The van der Waals surface area contributed by atoms with Crippen LogP contribution in [-0.4, -0.2) is 55.2 Å². The minimum Gasteiger partial charge on any atom is -0.481 e. The van der Waals surface area contributed by atoms with Gasteiger partial charge in [-0.25, -0.2) is 9.98 Å². The summed E-state index contributed by atoms with van der Waals surface area (Å²) in [6.07, 6.45) is 5.29. The molecule has 2 N–H and O–H groups in total. The van der Waals surface area contributed by atoms with Gasteiger partial charge in [-0.1, -0.05) is 19.4 Å². The summed E-state index contributed by atoms with van der Waals surface area (Å²) in [5, 5.41) is 6.76. The highest BCUT2D eigenvalue weighted by molar-refractivity contribution is 5.79. The van der Waals surface area contributed by atoms with Crippen LogP contribution in [0.5, 0.6) is 5.88 Å². The first-order valence-electron chi connectivity index (χ1n) is 9.53. The van der Waals surface area contributed by atoms with Crippen LogP contribution in [0.1, 0.15) is 45.2 Å². The molecule has 1 atom stereocenters. The maximum atomic E-state index is 5.17. The molecular formula is C19H33N5O. The lowest BCUT2D eigenvalue weighted by Gasteiger charge is -2.35. The van der Waals surface area contributed by atoms with E-state index in [-0.39, 0.29) is 0 Å². The number of ether oxygens (including phenoxy) is 1. The zero-order valence-corrected chi connectivity index (χ0v) is 15.9. The van der Waals surface area contributed by atoms with Crippen molar-refractivity contribution in [1.82, 2.24) is 20.5 Å². The third-order valence-corrected chi connectivity index (χ3v) is 4.65. The minimum atomic E-state index is 0.536. The lowest BCUT2D eigenvalue weighted by molar-refractivity contribution is 0.147. The molecule has 6 heteroatoms. The Bertz CT molecular complexity index is 534. The van der Waals surface area contributed by atoms with E-state index in [9.17, 15) is 0 Å². The van der Waals surface area contributed by atoms with E-state index in [0.717, 1.165) is 37.3 Å². The van der Waals surface area contributed by atoms with Gasteiger partial charge in [-0.05, 0) is 38.8 Å². The van der Waals surface area contributed by atoms with E-state index in [1.807, 2.05) is 18.2 Å². The standard InChI is InChI=1S/C19H33N5O/c1-4-17-10-6-7-13-24(17)14-12-21-19(20-5-2)22-15-16-9-8-11-18(23-16)25-3/h8-9,11,17H,4-7,10,12-15H2,1-3H3,(H2,20,21,22). The van der Waals surface area contributed by atoms with Crippen LogP contribution in [0.15, 0.2) is 23.2 Å². The fraction of sp³-hybridized carbons (Fsp3) is 0.684. The quantitative estimate of drug-likeness (QED) is 0.559. The molecule has 0 spiro atoms. The maximum Gasteiger partial charge on any atom is 0.213 e. The number of hydrogen-bond donors (Lipinski definition) is 2. The van der Waals surface area contributed by atoms with Gasteiger partial charge in [0.15, 0.2) is 5.96 Å². The smallest absolute Gasteiger partial charge is 0.213 e. The summed E-state index contributed by atoms with van der Waals surface area (Å²) in [6.45, 7) is 8.96. The van der Waals surface area contributed by atoms with E-state index < -0.39 is 0 Å². The lowest BCUT2D eigenvalue weighted by Crippen LogP contribution is -2.45. The van der Waals surface area contributed by atoms with Crippen LogP contribution >= 0.6 is 0 Å². The van der Waals surface area contributed by atoms with Crippen molar-refractivity contribution in [3.05, 3.63) is 23.9 Å². The summed E-state index contributed by atoms with van der Waals surface area (Å²) in [5.41, 5.74) is 0.902. The van der Waals surface area contributed by atoms with Crippen molar-refractivity contribution in [2.45, 2.75) is 52.1 Å². The number of methoxy groups -OCH3 is 1. The van der Waals surface area contributed by atoms with E-state index in [2.05, 4.69) is 39.4 Å². The number of nitrogens with one attached hydrogen (secondary N) is 2. The third-order valence-electron chi connectivity index (χ3n) is 4.65. The number of hydrogen-bond acceptors (Lipinski definition) is 4. The second kappa shape index (κ2) is 10.9. The Morgan fingerprint density at radius 3 is 2.96 bits per heavy atom. The van der Waals surface area contributed by atoms with Crippen LogP contribution in [0.3, 0.4) is 0 Å². The van der Waals surface area contributed by atoms with Crippen molar-refractivity contribution in [2.75, 3.05) is 33.3 Å². The van der Waals surface area contributed by atoms with Crippen molar-refractivity contribution in [3.63, 3.8) is 0 Å². The van der Waals surface area contributed by atoms with Gasteiger partial charge in [0.1, 0.15) is 0 Å². The fourth-order valence-corrected chi connectivity index (χ4v) is 3.30. The SMILES string of the molecule is CCNC(=NCc1cccc(OC)n1)NCCN1CCCCC1CC. The number of nitrogens with zero attached hydrogens (tertiary/aromatic N) is 3. The summed E-state index contributed by atoms with van der Waals surface area (Å²) in [6, 6.07) is 6.50. The van der Waals surface area contributed by atoms with Crippen molar-refractivity contribution >= 4 is 5.96 Å². The van der Waals surface area contributed by atoms with Gasteiger partial charge >= 0.3 is 0 Å². The van der Waals surface area contributed by atoms with Crippen molar-refractivity contribution in [3.8, 4) is 5.88 Å². The number of pyridine rings is 1. The Morgan fingerprint density at radius 2 is 2.20 bits per heavy atom. The molecule has 1 aliphatic heterocycles. The molecule has 25 heavy (non-hydrogen) atoms. The van der Waals surface area contributed by atoms with Gasteiger partial charge in [0, 0.05) is 31.7 Å². The van der Waals surface area contributed by atoms with Crippen molar-refractivity contribution in [2.24, 2.45) is 4.99 Å². The Morgan fingerprint density at radius 1 is 1.32 bits per heavy atom. The van der Waals surface area contributed by atoms with Crippen LogP contribution < -0.4 is 15.4 Å². The van der Waals surface area contributed by atoms with Crippen LogP contribution in [0.2, 0.25) is 0 Å². The Hall–Kier alpha value is -1.82. The van der Waals surface area contributed by atoms with Gasteiger partial charge in [0.25, 0.3) is 0 Å². The van der Waals surface area contributed by atoms with Gasteiger partial charge < -0.3 is 15.4 Å². The predicted octanol–water partition coefficient (Wildman–Crippen LogP) is 2.41. The van der Waals surface area contributed by atoms with Gasteiger partial charge in [-0.2, -0.15) is 0 Å². The van der Waals surface area contributed by atoms with E-state index in [0.29, 0.717) is 12.4 Å². The number of aromatic nitrogens is 1. The number of rotatable bonds is 8. The Labute approximate surface area is 152 Å². The van der Waals surface area contributed by atoms with Crippen LogP contribution in [0.4, 0.5) is 0 Å². The molecule has 0 aromatic carbocycles. The molecule has 0 amide bonds. The normalized spacial score (nSPS) is 18.8. The van der Waals surface area contributed by atoms with Crippen LogP contribution in [0.25, 0.3) is 0 Å². The van der Waals surface area contributed by atoms with Crippen LogP contribution in [0, 0.1) is 0 Å². The number of aliphatic imine (C=N–C) groups is 1. The van der Waals surface area contributed by atoms with Gasteiger partial charge in [-0.15, -0.1) is 0 Å². The first kappa shape index (κ1) is 19.5. The van der Waals surface area contributed by atoms with E-state index in [4.69, 9.17) is 4.74 Å². The molecule has 1 fully saturated rings. The molecule has 1 aromatic heterocycles. The first-order chi connectivity index (χ1) is 12.3. The molecule has 0 aliphatic carbocycles. The number of likely N-dealkylation sites (tertiary alicyclic amines) is 1. The molecule has 6 nitrogen and oxygen atoms in total. The molecule has 1 aromatic rings. The summed E-state index contributed by atoms with van der Waals surface area (Å²) in [7, 11) is 1.63. The maximum absolute atomic E-state index is 5.17. The average Bonchev–Trinajstić information content (AvgIpc) is 2.66. The minimum absolute atomic E-state index is 0.536. The molecule has 0 bridgehead atoms. The largest absolute Gasteiger partial charge is 0.481 e. The van der Waals surface area contributed by atoms with Gasteiger partial charge in [0.2, 0.25) is 5.88 Å². The molecule has 2 rings (SSSR count). The summed E-state index contributed by atoms with van der Waals surface area (Å²) < 4.78 is 5.17. The van der Waals surface area contributed by atoms with E-state index >= 15 is 0 Å². The molecule has 0 saturated carbocycles. The summed E-state index contributed by atoms with van der Waals surface area (Å²) in [5.74, 6) is 1.47. The second-order valence-electron chi connectivity index (χ2n) is 6.39. The zero-order valence-electron chi connectivity index (χ0n) is 15.9. The molecular weight excluding hydrogens is 314 g/mol. The van der Waals surface area contributed by atoms with Gasteiger partial charge in [-0.3, -0.25) is 4.90 Å². The zero-order chi connectivity index (χ0) is 17.9. The van der Waals surface area contributed by atoms with Crippen molar-refractivity contribution < 1.29 is 4.74 Å². The monoisotopic (exact) mass is 347 g/mol. The predicted molar refractivity (Wildman–Crippen MR) is 103 cm³/mol. The topological polar surface area (TPSA) is 61.8 Å².